The van der Waals surface area contributed by atoms with Crippen molar-refractivity contribution in [2.24, 2.45) is 0 Å². The van der Waals surface area contributed by atoms with E-state index in [-0.39, 0.29) is 18.3 Å². The summed E-state index contributed by atoms with van der Waals surface area (Å²) in [4.78, 5) is 16.7. The van der Waals surface area contributed by atoms with Crippen LogP contribution in [0, 0.1) is 11.3 Å². The van der Waals surface area contributed by atoms with Crippen molar-refractivity contribution in [2.75, 3.05) is 57.7 Å². The fourth-order valence-electron chi connectivity index (χ4n) is 4.05. The average molecular weight is 430 g/mol. The molecule has 2 aliphatic rings. The van der Waals surface area contributed by atoms with Crippen LogP contribution < -0.4 is 10.6 Å². The summed E-state index contributed by atoms with van der Waals surface area (Å²) < 4.78 is 11.4. The molecule has 2 saturated heterocycles. The van der Waals surface area contributed by atoms with E-state index in [4.69, 9.17) is 14.7 Å². The second kappa shape index (κ2) is 10.8. The number of ether oxygens (including phenoxy) is 2. The predicted molar refractivity (Wildman–Crippen MR) is 120 cm³/mol. The van der Waals surface area contributed by atoms with Crippen LogP contribution in [0.3, 0.4) is 0 Å². The maximum atomic E-state index is 11.8. The van der Waals surface area contributed by atoms with Crippen molar-refractivity contribution in [3.63, 3.8) is 0 Å². The lowest BCUT2D eigenvalue weighted by Gasteiger charge is -2.46. The Morgan fingerprint density at radius 2 is 1.71 bits per heavy atom. The lowest BCUT2D eigenvalue weighted by molar-refractivity contribution is -0.137. The standard InChI is InChI=1S/C23H35N5O3/c1-23(2,3)31-22(29)26-10-12-28-16-20-14-27(15-21(17-28)30-20)11-4-9-25-19-7-5-18(13-24)6-8-19/h5-8,20-21,25H,4,9-12,14-17H2,1-3H3,(H,26,29). The van der Waals surface area contributed by atoms with Gasteiger partial charge in [0.15, 0.2) is 0 Å². The zero-order valence-electron chi connectivity index (χ0n) is 18.9. The summed E-state index contributed by atoms with van der Waals surface area (Å²) >= 11 is 0. The molecular weight excluding hydrogens is 394 g/mol. The molecule has 2 aliphatic heterocycles. The molecule has 2 heterocycles. The van der Waals surface area contributed by atoms with E-state index in [1.54, 1.807) is 0 Å². The molecule has 0 spiro atoms. The minimum absolute atomic E-state index is 0.223. The number of nitrogens with one attached hydrogen (secondary N) is 2. The van der Waals surface area contributed by atoms with Crippen molar-refractivity contribution >= 4 is 11.8 Å². The van der Waals surface area contributed by atoms with Crippen molar-refractivity contribution in [1.29, 1.82) is 5.26 Å². The first-order valence-electron chi connectivity index (χ1n) is 11.1. The summed E-state index contributed by atoms with van der Waals surface area (Å²) in [6, 6.07) is 9.70. The second-order valence-corrected chi connectivity index (χ2v) is 9.30. The van der Waals surface area contributed by atoms with Gasteiger partial charge >= 0.3 is 6.09 Å². The Balaban J connectivity index is 1.31. The first-order chi connectivity index (χ1) is 14.8. The summed E-state index contributed by atoms with van der Waals surface area (Å²) in [6.45, 7) is 12.6. The van der Waals surface area contributed by atoms with Crippen LogP contribution in [-0.4, -0.2) is 86.1 Å². The Hall–Kier alpha value is -2.34. The summed E-state index contributed by atoms with van der Waals surface area (Å²) in [5.74, 6) is 0. The Morgan fingerprint density at radius 1 is 1.10 bits per heavy atom. The van der Waals surface area contributed by atoms with E-state index in [1.807, 2.05) is 45.0 Å². The fraction of sp³-hybridized carbons (Fsp3) is 0.652. The number of carbonyl (C=O) groups is 1. The van der Waals surface area contributed by atoms with Gasteiger partial charge < -0.3 is 20.1 Å². The third-order valence-electron chi connectivity index (χ3n) is 5.32. The first kappa shape index (κ1) is 23.3. The summed E-state index contributed by atoms with van der Waals surface area (Å²) in [6.07, 6.45) is 1.14. The SMILES string of the molecule is CC(C)(C)OC(=O)NCCN1CC2CN(CCCNc3ccc(C#N)cc3)CC(C1)O2. The van der Waals surface area contributed by atoms with Gasteiger partial charge in [0.25, 0.3) is 0 Å². The third-order valence-corrected chi connectivity index (χ3v) is 5.32. The minimum Gasteiger partial charge on any atom is -0.444 e. The molecule has 31 heavy (non-hydrogen) atoms. The first-order valence-corrected chi connectivity index (χ1v) is 11.1. The van der Waals surface area contributed by atoms with Crippen LogP contribution in [0.15, 0.2) is 24.3 Å². The van der Waals surface area contributed by atoms with Gasteiger partial charge in [-0.1, -0.05) is 0 Å². The van der Waals surface area contributed by atoms with Crippen molar-refractivity contribution in [1.82, 2.24) is 15.1 Å². The third kappa shape index (κ3) is 8.02. The van der Waals surface area contributed by atoms with E-state index in [2.05, 4.69) is 26.5 Å². The molecule has 2 N–H and O–H groups in total. The molecule has 1 amide bonds. The molecule has 2 unspecified atom stereocenters. The molecule has 2 fully saturated rings. The van der Waals surface area contributed by atoms with Crippen molar-refractivity contribution < 1.29 is 14.3 Å². The molecule has 0 saturated carbocycles. The number of anilines is 1. The maximum Gasteiger partial charge on any atom is 0.407 e. The second-order valence-electron chi connectivity index (χ2n) is 9.30. The molecule has 1 aromatic rings. The minimum atomic E-state index is -0.471. The number of fused-ring (bicyclic) bond motifs is 2. The van der Waals surface area contributed by atoms with E-state index in [0.29, 0.717) is 12.1 Å². The largest absolute Gasteiger partial charge is 0.444 e. The highest BCUT2D eigenvalue weighted by Crippen LogP contribution is 2.19. The monoisotopic (exact) mass is 429 g/mol. The molecule has 8 heteroatoms. The number of morpholine rings is 2. The van der Waals surface area contributed by atoms with Gasteiger partial charge in [0.05, 0.1) is 23.8 Å². The fourth-order valence-corrected chi connectivity index (χ4v) is 4.05. The van der Waals surface area contributed by atoms with E-state index in [9.17, 15) is 4.79 Å². The van der Waals surface area contributed by atoms with Crippen LogP contribution in [0.1, 0.15) is 32.8 Å². The number of nitrogens with zero attached hydrogens (tertiary/aromatic N) is 3. The summed E-state index contributed by atoms with van der Waals surface area (Å²) in [7, 11) is 0. The predicted octanol–water partition coefficient (Wildman–Crippen LogP) is 2.27. The quantitative estimate of drug-likeness (QED) is 0.613. The number of carbonyl (C=O) groups excluding carboxylic acids is 1. The van der Waals surface area contributed by atoms with E-state index in [1.165, 1.54) is 0 Å². The number of alkyl carbamates (subject to hydrolysis) is 1. The van der Waals surface area contributed by atoms with Crippen LogP contribution in [-0.2, 0) is 9.47 Å². The van der Waals surface area contributed by atoms with E-state index < -0.39 is 5.60 Å². The highest BCUT2D eigenvalue weighted by molar-refractivity contribution is 5.67. The van der Waals surface area contributed by atoms with E-state index >= 15 is 0 Å². The van der Waals surface area contributed by atoms with E-state index in [0.717, 1.165) is 57.9 Å². The van der Waals surface area contributed by atoms with Gasteiger partial charge in [-0.25, -0.2) is 4.79 Å². The molecule has 0 radical (unpaired) electrons. The normalized spacial score (nSPS) is 21.9. The van der Waals surface area contributed by atoms with Crippen molar-refractivity contribution in [2.45, 2.75) is 45.0 Å². The van der Waals surface area contributed by atoms with Crippen LogP contribution in [0.25, 0.3) is 0 Å². The molecule has 8 nitrogen and oxygen atoms in total. The smallest absolute Gasteiger partial charge is 0.407 e. The lowest BCUT2D eigenvalue weighted by Crippen LogP contribution is -2.60. The summed E-state index contributed by atoms with van der Waals surface area (Å²) in [5.41, 5.74) is 1.26. The number of nitriles is 1. The van der Waals surface area contributed by atoms with Gasteiger partial charge in [-0.3, -0.25) is 9.80 Å². The van der Waals surface area contributed by atoms with Crippen LogP contribution in [0.4, 0.5) is 10.5 Å². The Labute approximate surface area is 185 Å². The van der Waals surface area contributed by atoms with Crippen LogP contribution in [0.5, 0.6) is 0 Å². The van der Waals surface area contributed by atoms with Gasteiger partial charge in [-0.2, -0.15) is 5.26 Å². The van der Waals surface area contributed by atoms with Gasteiger partial charge in [-0.15, -0.1) is 0 Å². The Bertz CT molecular complexity index is 742. The highest BCUT2D eigenvalue weighted by Gasteiger charge is 2.34. The molecule has 1 aromatic carbocycles. The number of rotatable bonds is 8. The van der Waals surface area contributed by atoms with Crippen LogP contribution in [0.2, 0.25) is 0 Å². The number of hydrogen-bond acceptors (Lipinski definition) is 7. The average Bonchev–Trinajstić information content (AvgIpc) is 2.70. The molecule has 2 bridgehead atoms. The van der Waals surface area contributed by atoms with Gasteiger partial charge in [0, 0.05) is 58.0 Å². The molecular formula is C23H35N5O3. The zero-order valence-corrected chi connectivity index (χ0v) is 18.9. The Morgan fingerprint density at radius 3 is 2.29 bits per heavy atom. The Kier molecular flexibility index (Phi) is 8.13. The molecule has 0 aliphatic carbocycles. The molecule has 2 atom stereocenters. The van der Waals surface area contributed by atoms with Gasteiger partial charge in [0.1, 0.15) is 5.60 Å². The number of hydrogen-bond donors (Lipinski definition) is 2. The zero-order chi connectivity index (χ0) is 22.3. The van der Waals surface area contributed by atoms with Gasteiger partial charge in [-0.05, 0) is 51.5 Å². The molecule has 3 rings (SSSR count). The molecule has 170 valence electrons. The maximum absolute atomic E-state index is 11.8. The number of benzene rings is 1. The number of amides is 1. The van der Waals surface area contributed by atoms with Crippen molar-refractivity contribution in [3.8, 4) is 6.07 Å². The van der Waals surface area contributed by atoms with Crippen LogP contribution >= 0.6 is 0 Å². The molecule has 0 aromatic heterocycles. The lowest BCUT2D eigenvalue weighted by atomic mass is 10.1. The highest BCUT2D eigenvalue weighted by atomic mass is 16.6. The van der Waals surface area contributed by atoms with Crippen molar-refractivity contribution in [3.05, 3.63) is 29.8 Å². The topological polar surface area (TPSA) is 89.9 Å². The summed E-state index contributed by atoms with van der Waals surface area (Å²) in [5, 5.41) is 15.1. The van der Waals surface area contributed by atoms with Gasteiger partial charge in [0.2, 0.25) is 0 Å².